The number of rotatable bonds is 1. The zero-order valence-electron chi connectivity index (χ0n) is 11.4. The number of fused-ring (bicyclic) bond motifs is 1. The van der Waals surface area contributed by atoms with Gasteiger partial charge in [-0.15, -0.1) is 0 Å². The maximum Gasteiger partial charge on any atom is 0.103 e. The summed E-state index contributed by atoms with van der Waals surface area (Å²) in [5, 5.41) is 3.91. The number of aryl methyl sites for hydroxylation is 3. The van der Waals surface area contributed by atoms with Crippen LogP contribution in [0, 0.1) is 20.8 Å². The zero-order chi connectivity index (χ0) is 13.6. The topological polar surface area (TPSA) is 38.0 Å². The Kier molecular flexibility index (Phi) is 2.94. The highest BCUT2D eigenvalue weighted by atomic mass is 32.2. The van der Waals surface area contributed by atoms with E-state index < -0.39 is 0 Å². The molecule has 2 aromatic rings. The van der Waals surface area contributed by atoms with Gasteiger partial charge in [0.05, 0.1) is 5.69 Å². The first-order valence-corrected chi connectivity index (χ1v) is 7.33. The summed E-state index contributed by atoms with van der Waals surface area (Å²) in [7, 11) is 0. The normalized spacial score (nSPS) is 17.1. The minimum absolute atomic E-state index is 0.286. The summed E-state index contributed by atoms with van der Waals surface area (Å²) >= 11 is 1.89. The Morgan fingerprint density at radius 2 is 1.74 bits per heavy atom. The zero-order valence-corrected chi connectivity index (χ0v) is 12.3. The maximum absolute atomic E-state index is 5.89. The highest BCUT2D eigenvalue weighted by Crippen LogP contribution is 2.49. The van der Waals surface area contributed by atoms with E-state index in [0.717, 1.165) is 11.3 Å². The van der Waals surface area contributed by atoms with E-state index in [9.17, 15) is 0 Å². The number of nitrogen functional groups attached to an aromatic ring is 1. The Balaban J connectivity index is 1.97. The monoisotopic (exact) mass is 270 g/mol. The summed E-state index contributed by atoms with van der Waals surface area (Å²) in [6, 6.07) is 10.7. The third-order valence-corrected chi connectivity index (χ3v) is 5.06. The number of hydrogen-bond donors (Lipinski definition) is 2. The van der Waals surface area contributed by atoms with E-state index in [1.54, 1.807) is 0 Å². The molecule has 0 saturated carbocycles. The lowest BCUT2D eigenvalue weighted by Crippen LogP contribution is -2.03. The molecule has 0 aromatic heterocycles. The predicted molar refractivity (Wildman–Crippen MR) is 83.7 cm³/mol. The van der Waals surface area contributed by atoms with Gasteiger partial charge in [-0.3, -0.25) is 0 Å². The van der Waals surface area contributed by atoms with E-state index in [0.29, 0.717) is 0 Å². The molecule has 0 aliphatic carbocycles. The number of benzene rings is 2. The van der Waals surface area contributed by atoms with Crippen LogP contribution >= 0.6 is 11.8 Å². The number of anilines is 2. The molecular formula is C16H18N2S. The molecule has 1 unspecified atom stereocenters. The molecule has 2 aromatic carbocycles. The third-order valence-electron chi connectivity index (χ3n) is 3.67. The number of thioether (sulfide) groups is 1. The van der Waals surface area contributed by atoms with E-state index in [1.165, 1.54) is 27.3 Å². The van der Waals surface area contributed by atoms with Crippen LogP contribution in [0.25, 0.3) is 0 Å². The Bertz CT molecular complexity index is 618. The molecule has 0 saturated heterocycles. The third kappa shape index (κ3) is 2.08. The Hall–Kier alpha value is -1.61. The molecule has 0 fully saturated rings. The van der Waals surface area contributed by atoms with Crippen LogP contribution in [-0.2, 0) is 0 Å². The quantitative estimate of drug-likeness (QED) is 0.754. The average Bonchev–Trinajstić information content (AvgIpc) is 2.83. The first kappa shape index (κ1) is 12.4. The van der Waals surface area contributed by atoms with E-state index in [1.807, 2.05) is 17.8 Å². The second-order valence-corrected chi connectivity index (χ2v) is 6.28. The van der Waals surface area contributed by atoms with Gasteiger partial charge in [0.25, 0.3) is 0 Å². The maximum atomic E-state index is 5.89. The molecule has 3 N–H and O–H groups in total. The lowest BCUT2D eigenvalue weighted by molar-refractivity contribution is 1.12. The van der Waals surface area contributed by atoms with E-state index in [4.69, 9.17) is 5.73 Å². The van der Waals surface area contributed by atoms with Crippen molar-refractivity contribution in [3.8, 4) is 0 Å². The first-order chi connectivity index (χ1) is 9.06. The van der Waals surface area contributed by atoms with Crippen molar-refractivity contribution in [1.82, 2.24) is 0 Å². The largest absolute Gasteiger partial charge is 0.399 e. The fraction of sp³-hybridized carbons (Fsp3) is 0.250. The fourth-order valence-corrected chi connectivity index (χ4v) is 3.70. The molecule has 3 heteroatoms. The van der Waals surface area contributed by atoms with E-state index in [2.05, 4.69) is 50.4 Å². The molecule has 1 atom stereocenters. The molecule has 0 bridgehead atoms. The SMILES string of the molecule is Cc1cc(C2Nc3c(C)ccc(C)c3S2)ccc1N. The Morgan fingerprint density at radius 3 is 2.42 bits per heavy atom. The molecular weight excluding hydrogens is 252 g/mol. The molecule has 2 nitrogen and oxygen atoms in total. The van der Waals surface area contributed by atoms with Gasteiger partial charge >= 0.3 is 0 Å². The molecule has 3 rings (SSSR count). The highest BCUT2D eigenvalue weighted by molar-refractivity contribution is 8.00. The van der Waals surface area contributed by atoms with Crippen LogP contribution in [0.1, 0.15) is 27.6 Å². The first-order valence-electron chi connectivity index (χ1n) is 6.45. The summed E-state index contributed by atoms with van der Waals surface area (Å²) in [5.74, 6) is 0. The van der Waals surface area contributed by atoms with Gasteiger partial charge in [0, 0.05) is 10.6 Å². The lowest BCUT2D eigenvalue weighted by atomic mass is 10.1. The second-order valence-electron chi connectivity index (χ2n) is 5.16. The molecule has 98 valence electrons. The smallest absolute Gasteiger partial charge is 0.103 e. The number of hydrogen-bond acceptors (Lipinski definition) is 3. The minimum Gasteiger partial charge on any atom is -0.399 e. The highest BCUT2D eigenvalue weighted by Gasteiger charge is 2.25. The van der Waals surface area contributed by atoms with E-state index in [-0.39, 0.29) is 5.37 Å². The van der Waals surface area contributed by atoms with Crippen molar-refractivity contribution < 1.29 is 0 Å². The van der Waals surface area contributed by atoms with Crippen molar-refractivity contribution in [3.63, 3.8) is 0 Å². The Morgan fingerprint density at radius 1 is 1.00 bits per heavy atom. The molecule has 0 radical (unpaired) electrons. The fourth-order valence-electron chi connectivity index (χ4n) is 2.41. The lowest BCUT2D eigenvalue weighted by Gasteiger charge is -2.13. The Labute approximate surface area is 118 Å². The van der Waals surface area contributed by atoms with Crippen molar-refractivity contribution in [2.24, 2.45) is 0 Å². The van der Waals surface area contributed by atoms with Crippen LogP contribution in [0.2, 0.25) is 0 Å². The van der Waals surface area contributed by atoms with Crippen molar-refractivity contribution in [3.05, 3.63) is 52.6 Å². The van der Waals surface area contributed by atoms with Crippen LogP contribution in [0.15, 0.2) is 35.2 Å². The summed E-state index contributed by atoms with van der Waals surface area (Å²) < 4.78 is 0. The molecule has 1 aliphatic heterocycles. The van der Waals surface area contributed by atoms with Gasteiger partial charge in [0.1, 0.15) is 5.37 Å². The molecule has 0 spiro atoms. The number of nitrogens with one attached hydrogen (secondary N) is 1. The summed E-state index contributed by atoms with van der Waals surface area (Å²) in [5.41, 5.74) is 13.1. The van der Waals surface area contributed by atoms with Gasteiger partial charge in [-0.05, 0) is 49.1 Å². The van der Waals surface area contributed by atoms with Crippen molar-refractivity contribution in [1.29, 1.82) is 0 Å². The summed E-state index contributed by atoms with van der Waals surface area (Å²) in [4.78, 5) is 1.37. The van der Waals surface area contributed by atoms with E-state index >= 15 is 0 Å². The number of nitrogens with two attached hydrogens (primary N) is 1. The molecule has 1 aliphatic rings. The van der Waals surface area contributed by atoms with Crippen molar-refractivity contribution in [2.75, 3.05) is 11.1 Å². The van der Waals surface area contributed by atoms with Crippen LogP contribution in [0.5, 0.6) is 0 Å². The van der Waals surface area contributed by atoms with Crippen molar-refractivity contribution >= 4 is 23.1 Å². The van der Waals surface area contributed by atoms with Gasteiger partial charge in [-0.2, -0.15) is 0 Å². The van der Waals surface area contributed by atoms with Gasteiger partial charge in [0.15, 0.2) is 0 Å². The minimum atomic E-state index is 0.286. The van der Waals surface area contributed by atoms with Crippen molar-refractivity contribution in [2.45, 2.75) is 31.0 Å². The van der Waals surface area contributed by atoms with Gasteiger partial charge in [0.2, 0.25) is 0 Å². The van der Waals surface area contributed by atoms with Crippen LogP contribution in [0.4, 0.5) is 11.4 Å². The molecule has 19 heavy (non-hydrogen) atoms. The standard InChI is InChI=1S/C16H18N2S/c1-9-4-5-10(2)15-14(9)18-16(19-15)12-6-7-13(17)11(3)8-12/h4-8,16,18H,17H2,1-3H3. The average molecular weight is 270 g/mol. The van der Waals surface area contributed by atoms with Gasteiger partial charge in [-0.1, -0.05) is 36.0 Å². The van der Waals surface area contributed by atoms with Gasteiger partial charge in [-0.25, -0.2) is 0 Å². The van der Waals surface area contributed by atoms with Crippen LogP contribution in [-0.4, -0.2) is 0 Å². The second kappa shape index (κ2) is 4.49. The van der Waals surface area contributed by atoms with Crippen LogP contribution < -0.4 is 11.1 Å². The summed E-state index contributed by atoms with van der Waals surface area (Å²) in [6.07, 6.45) is 0. The summed E-state index contributed by atoms with van der Waals surface area (Å²) in [6.45, 7) is 6.38. The molecule has 0 amide bonds. The molecule has 1 heterocycles. The predicted octanol–water partition coefficient (Wildman–Crippen LogP) is 4.41. The van der Waals surface area contributed by atoms with Gasteiger partial charge < -0.3 is 11.1 Å². The van der Waals surface area contributed by atoms with Crippen LogP contribution in [0.3, 0.4) is 0 Å².